The minimum atomic E-state index is 0.241. The van der Waals surface area contributed by atoms with Crippen LogP contribution in [0, 0.1) is 3.57 Å². The molecule has 108 valence electrons. The number of fused-ring (bicyclic) bond motifs is 1. The Bertz CT molecular complexity index is 827. The lowest BCUT2D eigenvalue weighted by molar-refractivity contribution is 0.471. The first kappa shape index (κ1) is 14.7. The largest absolute Gasteiger partial charge is 0.507 e. The van der Waals surface area contributed by atoms with Gasteiger partial charge in [-0.1, -0.05) is 11.6 Å². The van der Waals surface area contributed by atoms with E-state index in [9.17, 15) is 5.11 Å². The second-order valence-electron chi connectivity index (χ2n) is 5.20. The molecule has 0 aliphatic carbocycles. The van der Waals surface area contributed by atoms with E-state index in [0.717, 1.165) is 26.0 Å². The van der Waals surface area contributed by atoms with Crippen LogP contribution in [0.15, 0.2) is 36.4 Å². The first-order chi connectivity index (χ1) is 9.97. The van der Waals surface area contributed by atoms with Crippen LogP contribution in [0.1, 0.15) is 19.9 Å². The lowest BCUT2D eigenvalue weighted by Gasteiger charge is -2.13. The smallest absolute Gasteiger partial charge is 0.141 e. The lowest BCUT2D eigenvalue weighted by Crippen LogP contribution is -2.03. The molecular weight excluding hydrogens is 399 g/mol. The maximum absolute atomic E-state index is 9.94. The van der Waals surface area contributed by atoms with E-state index in [1.165, 1.54) is 0 Å². The number of aromatic nitrogens is 2. The van der Waals surface area contributed by atoms with Crippen molar-refractivity contribution >= 4 is 45.2 Å². The molecule has 0 radical (unpaired) electrons. The van der Waals surface area contributed by atoms with Crippen LogP contribution in [0.5, 0.6) is 5.75 Å². The monoisotopic (exact) mass is 412 g/mol. The Labute approximate surface area is 141 Å². The van der Waals surface area contributed by atoms with E-state index in [0.29, 0.717) is 5.02 Å². The van der Waals surface area contributed by atoms with Crippen molar-refractivity contribution < 1.29 is 5.11 Å². The van der Waals surface area contributed by atoms with Crippen molar-refractivity contribution in [3.05, 3.63) is 45.0 Å². The summed E-state index contributed by atoms with van der Waals surface area (Å²) in [6.07, 6.45) is 0. The highest BCUT2D eigenvalue weighted by Crippen LogP contribution is 2.32. The second-order valence-corrected chi connectivity index (χ2v) is 6.80. The van der Waals surface area contributed by atoms with Gasteiger partial charge in [0.1, 0.15) is 11.6 Å². The SMILES string of the molecule is CC(C)n1c(-c2ccc(I)c(O)c2)nc2ccc(Cl)cc21. The standard InChI is InChI=1S/C16H14ClIN2O/c1-9(2)20-14-8-11(17)4-6-13(14)19-16(20)10-3-5-12(18)15(21)7-10/h3-9,21H,1-2H3. The van der Waals surface area contributed by atoms with Gasteiger partial charge in [0.05, 0.1) is 14.6 Å². The fraction of sp³-hybridized carbons (Fsp3) is 0.188. The number of nitrogens with zero attached hydrogens (tertiary/aromatic N) is 2. The van der Waals surface area contributed by atoms with E-state index in [1.807, 2.05) is 30.3 Å². The van der Waals surface area contributed by atoms with Crippen LogP contribution >= 0.6 is 34.2 Å². The van der Waals surface area contributed by atoms with Gasteiger partial charge < -0.3 is 9.67 Å². The van der Waals surface area contributed by atoms with Crippen molar-refractivity contribution in [1.82, 2.24) is 9.55 Å². The van der Waals surface area contributed by atoms with Gasteiger partial charge in [0, 0.05) is 16.6 Å². The van der Waals surface area contributed by atoms with E-state index < -0.39 is 0 Å². The molecule has 2 aromatic carbocycles. The number of imidazole rings is 1. The highest BCUT2D eigenvalue weighted by molar-refractivity contribution is 14.1. The summed E-state index contributed by atoms with van der Waals surface area (Å²) < 4.78 is 2.97. The number of benzene rings is 2. The first-order valence-electron chi connectivity index (χ1n) is 6.63. The van der Waals surface area contributed by atoms with Gasteiger partial charge in [-0.15, -0.1) is 0 Å². The van der Waals surface area contributed by atoms with Gasteiger partial charge in [0.2, 0.25) is 0 Å². The average Bonchev–Trinajstić information content (AvgIpc) is 2.80. The summed E-state index contributed by atoms with van der Waals surface area (Å²) in [4.78, 5) is 4.71. The molecule has 3 nitrogen and oxygen atoms in total. The van der Waals surface area contributed by atoms with Crippen molar-refractivity contribution in [1.29, 1.82) is 0 Å². The number of rotatable bonds is 2. The third-order valence-corrected chi connectivity index (χ3v) is 4.52. The molecule has 1 aromatic heterocycles. The van der Waals surface area contributed by atoms with E-state index in [1.54, 1.807) is 6.07 Å². The van der Waals surface area contributed by atoms with Gasteiger partial charge >= 0.3 is 0 Å². The molecule has 0 spiro atoms. The van der Waals surface area contributed by atoms with Crippen molar-refractivity contribution in [2.45, 2.75) is 19.9 Å². The number of hydrogen-bond donors (Lipinski definition) is 1. The Morgan fingerprint density at radius 1 is 1.19 bits per heavy atom. The van der Waals surface area contributed by atoms with Crippen LogP contribution in [0.3, 0.4) is 0 Å². The predicted molar refractivity (Wildman–Crippen MR) is 94.9 cm³/mol. The molecule has 1 N–H and O–H groups in total. The van der Waals surface area contributed by atoms with Crippen LogP contribution in [-0.4, -0.2) is 14.7 Å². The van der Waals surface area contributed by atoms with Crippen LogP contribution in [-0.2, 0) is 0 Å². The van der Waals surface area contributed by atoms with E-state index in [4.69, 9.17) is 16.6 Å². The molecule has 0 amide bonds. The van der Waals surface area contributed by atoms with Gasteiger partial charge in [-0.3, -0.25) is 0 Å². The highest BCUT2D eigenvalue weighted by Gasteiger charge is 2.16. The summed E-state index contributed by atoms with van der Waals surface area (Å²) in [6.45, 7) is 4.22. The number of phenolic OH excluding ortho intramolecular Hbond substituents is 1. The zero-order valence-electron chi connectivity index (χ0n) is 11.6. The summed E-state index contributed by atoms with van der Waals surface area (Å²) in [5, 5.41) is 10.6. The van der Waals surface area contributed by atoms with Crippen molar-refractivity contribution in [3.8, 4) is 17.1 Å². The van der Waals surface area contributed by atoms with Crippen molar-refractivity contribution in [3.63, 3.8) is 0 Å². The summed E-state index contributed by atoms with van der Waals surface area (Å²) in [5.41, 5.74) is 2.81. The lowest BCUT2D eigenvalue weighted by atomic mass is 10.2. The third-order valence-electron chi connectivity index (χ3n) is 3.37. The molecule has 0 aliphatic heterocycles. The fourth-order valence-electron chi connectivity index (χ4n) is 2.44. The predicted octanol–water partition coefficient (Wildman–Crippen LogP) is 5.25. The quantitative estimate of drug-likeness (QED) is 0.584. The minimum Gasteiger partial charge on any atom is -0.507 e. The summed E-state index contributed by atoms with van der Waals surface area (Å²) in [5.74, 6) is 1.11. The highest BCUT2D eigenvalue weighted by atomic mass is 127. The van der Waals surface area contributed by atoms with Crippen molar-refractivity contribution in [2.24, 2.45) is 0 Å². The van der Waals surface area contributed by atoms with Gasteiger partial charge in [0.25, 0.3) is 0 Å². The average molecular weight is 413 g/mol. The van der Waals surface area contributed by atoms with Crippen LogP contribution in [0.25, 0.3) is 22.4 Å². The zero-order chi connectivity index (χ0) is 15.1. The molecule has 21 heavy (non-hydrogen) atoms. The molecule has 0 fully saturated rings. The zero-order valence-corrected chi connectivity index (χ0v) is 14.6. The molecule has 1 heterocycles. The van der Waals surface area contributed by atoms with Gasteiger partial charge in [-0.25, -0.2) is 4.98 Å². The number of phenols is 1. The summed E-state index contributed by atoms with van der Waals surface area (Å²) >= 11 is 8.22. The number of hydrogen-bond acceptors (Lipinski definition) is 2. The Hall–Kier alpha value is -1.27. The van der Waals surface area contributed by atoms with Gasteiger partial charge in [-0.2, -0.15) is 0 Å². The van der Waals surface area contributed by atoms with Crippen LogP contribution in [0.2, 0.25) is 5.02 Å². The molecular formula is C16H14ClIN2O. The van der Waals surface area contributed by atoms with Gasteiger partial charge in [0.15, 0.2) is 0 Å². The molecule has 5 heteroatoms. The molecule has 0 saturated carbocycles. The molecule has 0 unspecified atom stereocenters. The van der Waals surface area contributed by atoms with E-state index in [2.05, 4.69) is 41.0 Å². The topological polar surface area (TPSA) is 38.0 Å². The van der Waals surface area contributed by atoms with Crippen molar-refractivity contribution in [2.75, 3.05) is 0 Å². The molecule has 0 saturated heterocycles. The van der Waals surface area contributed by atoms with E-state index >= 15 is 0 Å². The third kappa shape index (κ3) is 2.62. The Morgan fingerprint density at radius 2 is 1.95 bits per heavy atom. The van der Waals surface area contributed by atoms with E-state index in [-0.39, 0.29) is 11.8 Å². The first-order valence-corrected chi connectivity index (χ1v) is 8.09. The summed E-state index contributed by atoms with van der Waals surface area (Å²) in [7, 11) is 0. The summed E-state index contributed by atoms with van der Waals surface area (Å²) in [6, 6.07) is 11.6. The Balaban J connectivity index is 2.30. The molecule has 0 atom stereocenters. The Kier molecular flexibility index (Phi) is 3.84. The second kappa shape index (κ2) is 5.50. The number of halogens is 2. The Morgan fingerprint density at radius 3 is 2.62 bits per heavy atom. The molecule has 0 bridgehead atoms. The normalized spacial score (nSPS) is 11.5. The molecule has 0 aliphatic rings. The van der Waals surface area contributed by atoms with Crippen LogP contribution < -0.4 is 0 Å². The fourth-order valence-corrected chi connectivity index (χ4v) is 2.95. The number of aromatic hydroxyl groups is 1. The van der Waals surface area contributed by atoms with Crippen LogP contribution in [0.4, 0.5) is 0 Å². The molecule has 3 rings (SSSR count). The minimum absolute atomic E-state index is 0.241. The maximum atomic E-state index is 9.94. The molecule has 3 aromatic rings. The van der Waals surface area contributed by atoms with Gasteiger partial charge in [-0.05, 0) is 72.8 Å². The maximum Gasteiger partial charge on any atom is 0.141 e.